The summed E-state index contributed by atoms with van der Waals surface area (Å²) < 4.78 is 6.02. The predicted octanol–water partition coefficient (Wildman–Crippen LogP) is 4.08. The molecule has 0 fully saturated rings. The highest BCUT2D eigenvalue weighted by Crippen LogP contribution is 2.34. The molecule has 3 rings (SSSR count). The molecule has 30 heavy (non-hydrogen) atoms. The van der Waals surface area contributed by atoms with E-state index in [0.717, 1.165) is 24.2 Å². The Hall–Kier alpha value is -2.54. The topological polar surface area (TPSA) is 61.9 Å². The van der Waals surface area contributed by atoms with E-state index in [4.69, 9.17) is 4.74 Å². The normalized spacial score (nSPS) is 15.6. The van der Waals surface area contributed by atoms with E-state index in [2.05, 4.69) is 16.8 Å². The molecule has 1 atom stereocenters. The highest BCUT2D eigenvalue weighted by Gasteiger charge is 2.33. The average Bonchev–Trinajstić information content (AvgIpc) is 3.21. The Labute approximate surface area is 182 Å². The van der Waals surface area contributed by atoms with Crippen LogP contribution in [0.1, 0.15) is 43.7 Å². The predicted molar refractivity (Wildman–Crippen MR) is 120 cm³/mol. The van der Waals surface area contributed by atoms with Gasteiger partial charge in [0, 0.05) is 24.0 Å². The van der Waals surface area contributed by atoms with Gasteiger partial charge in [0.05, 0.1) is 6.04 Å². The molecular weight excluding hydrogens is 398 g/mol. The van der Waals surface area contributed by atoms with E-state index in [0.29, 0.717) is 19.7 Å². The molecule has 7 heteroatoms. The Balaban J connectivity index is 1.74. The molecule has 1 aliphatic rings. The van der Waals surface area contributed by atoms with Gasteiger partial charge < -0.3 is 19.9 Å². The van der Waals surface area contributed by atoms with Crippen LogP contribution in [0.2, 0.25) is 0 Å². The highest BCUT2D eigenvalue weighted by molar-refractivity contribution is 7.10. The van der Waals surface area contributed by atoms with E-state index in [1.54, 1.807) is 16.2 Å². The zero-order valence-electron chi connectivity index (χ0n) is 18.0. The largest absolute Gasteiger partial charge is 0.491 e. The third-order valence-electron chi connectivity index (χ3n) is 5.09. The molecule has 0 aliphatic carbocycles. The maximum atomic E-state index is 13.3. The number of thiophene rings is 1. The summed E-state index contributed by atoms with van der Waals surface area (Å²) in [6.07, 6.45) is 1.64. The molecule has 0 bridgehead atoms. The molecule has 0 saturated carbocycles. The minimum atomic E-state index is -0.189. The van der Waals surface area contributed by atoms with Crippen molar-refractivity contribution in [2.75, 3.05) is 26.2 Å². The zero-order chi connectivity index (χ0) is 21.5. The number of carbonyl (C=O) groups excluding carboxylic acids is 2. The van der Waals surface area contributed by atoms with Gasteiger partial charge in [-0.05, 0) is 55.8 Å². The molecule has 0 saturated heterocycles. The number of fused-ring (bicyclic) bond motifs is 1. The van der Waals surface area contributed by atoms with Crippen LogP contribution in [-0.2, 0) is 11.2 Å². The van der Waals surface area contributed by atoms with E-state index in [1.165, 1.54) is 4.88 Å². The molecule has 3 amide bonds. The number of nitrogens with zero attached hydrogens (tertiary/aromatic N) is 2. The number of amides is 3. The average molecular weight is 430 g/mol. The number of hydrogen-bond acceptors (Lipinski definition) is 4. The summed E-state index contributed by atoms with van der Waals surface area (Å²) in [5, 5.41) is 4.98. The molecule has 162 valence electrons. The van der Waals surface area contributed by atoms with Gasteiger partial charge in [-0.3, -0.25) is 4.79 Å². The van der Waals surface area contributed by atoms with Crippen LogP contribution in [-0.4, -0.2) is 54.0 Å². The van der Waals surface area contributed by atoms with Crippen molar-refractivity contribution in [3.8, 4) is 5.75 Å². The van der Waals surface area contributed by atoms with Crippen LogP contribution in [0.4, 0.5) is 4.79 Å². The van der Waals surface area contributed by atoms with Crippen LogP contribution in [0.15, 0.2) is 41.8 Å². The summed E-state index contributed by atoms with van der Waals surface area (Å²) in [5.74, 6) is 0.747. The number of para-hydroxylation sites is 1. The second-order valence-corrected chi connectivity index (χ2v) is 8.80. The third-order valence-corrected chi connectivity index (χ3v) is 6.08. The number of nitrogens with one attached hydrogen (secondary N) is 1. The van der Waals surface area contributed by atoms with Crippen LogP contribution in [0.5, 0.6) is 5.75 Å². The van der Waals surface area contributed by atoms with E-state index >= 15 is 0 Å². The summed E-state index contributed by atoms with van der Waals surface area (Å²) in [6.45, 7) is 7.51. The Bertz CT molecular complexity index is 837. The number of rotatable bonds is 8. The van der Waals surface area contributed by atoms with Crippen molar-refractivity contribution in [3.05, 3.63) is 52.2 Å². The molecule has 2 aromatic rings. The van der Waals surface area contributed by atoms with Crippen LogP contribution < -0.4 is 10.1 Å². The number of urea groups is 1. The fourth-order valence-corrected chi connectivity index (χ4v) is 4.61. The standard InChI is InChI=1S/C23H31N3O3S/c1-4-12-25(23(28)24-17(2)3)15-22(27)26-13-10-21-19(11-14-30-21)20(26)16-29-18-8-6-5-7-9-18/h5-9,11,14,17,20H,4,10,12-13,15-16H2,1-3H3,(H,24,28)/t20-/m1/s1. The maximum Gasteiger partial charge on any atom is 0.318 e. The first kappa shape index (κ1) is 22.2. The molecule has 1 N–H and O–H groups in total. The summed E-state index contributed by atoms with van der Waals surface area (Å²) in [4.78, 5) is 30.6. The van der Waals surface area contributed by atoms with Crippen molar-refractivity contribution in [1.29, 1.82) is 0 Å². The van der Waals surface area contributed by atoms with Crippen molar-refractivity contribution >= 4 is 23.3 Å². The van der Waals surface area contributed by atoms with Crippen LogP contribution >= 0.6 is 11.3 Å². The number of carbonyl (C=O) groups is 2. The van der Waals surface area contributed by atoms with Gasteiger partial charge in [0.1, 0.15) is 18.9 Å². The van der Waals surface area contributed by atoms with E-state index < -0.39 is 0 Å². The molecule has 1 aromatic carbocycles. The van der Waals surface area contributed by atoms with Crippen molar-refractivity contribution in [2.24, 2.45) is 0 Å². The van der Waals surface area contributed by atoms with Crippen molar-refractivity contribution in [3.63, 3.8) is 0 Å². The first-order valence-corrected chi connectivity index (χ1v) is 11.5. The smallest absolute Gasteiger partial charge is 0.318 e. The third kappa shape index (κ3) is 5.53. The van der Waals surface area contributed by atoms with Gasteiger partial charge in [0.2, 0.25) is 5.91 Å². The van der Waals surface area contributed by atoms with E-state index in [9.17, 15) is 9.59 Å². The van der Waals surface area contributed by atoms with Crippen LogP contribution in [0.3, 0.4) is 0 Å². The van der Waals surface area contributed by atoms with Crippen LogP contribution in [0, 0.1) is 0 Å². The monoisotopic (exact) mass is 429 g/mol. The summed E-state index contributed by atoms with van der Waals surface area (Å²) in [7, 11) is 0. The van der Waals surface area contributed by atoms with Gasteiger partial charge in [-0.2, -0.15) is 0 Å². The molecule has 1 aliphatic heterocycles. The Morgan fingerprint density at radius 2 is 2.03 bits per heavy atom. The zero-order valence-corrected chi connectivity index (χ0v) is 18.8. The lowest BCUT2D eigenvalue weighted by atomic mass is 10.0. The SMILES string of the molecule is CCCN(CC(=O)N1CCc2sccc2[C@H]1COc1ccccc1)C(=O)NC(C)C. The van der Waals surface area contributed by atoms with Gasteiger partial charge in [-0.15, -0.1) is 11.3 Å². The van der Waals surface area contributed by atoms with E-state index in [1.807, 2.05) is 56.0 Å². The van der Waals surface area contributed by atoms with Crippen LogP contribution in [0.25, 0.3) is 0 Å². The second kappa shape index (κ2) is 10.5. The second-order valence-electron chi connectivity index (χ2n) is 7.80. The lowest BCUT2D eigenvalue weighted by Gasteiger charge is -2.37. The summed E-state index contributed by atoms with van der Waals surface area (Å²) in [5.41, 5.74) is 1.16. The van der Waals surface area contributed by atoms with Gasteiger partial charge in [-0.1, -0.05) is 25.1 Å². The first-order chi connectivity index (χ1) is 14.5. The van der Waals surface area contributed by atoms with Gasteiger partial charge in [0.15, 0.2) is 0 Å². The molecule has 2 heterocycles. The number of benzene rings is 1. The van der Waals surface area contributed by atoms with Crippen molar-refractivity contribution in [1.82, 2.24) is 15.1 Å². The minimum Gasteiger partial charge on any atom is -0.491 e. The van der Waals surface area contributed by atoms with Gasteiger partial charge >= 0.3 is 6.03 Å². The highest BCUT2D eigenvalue weighted by atomic mass is 32.1. The Morgan fingerprint density at radius 1 is 1.27 bits per heavy atom. The fraction of sp³-hybridized carbons (Fsp3) is 0.478. The van der Waals surface area contributed by atoms with Gasteiger partial charge in [0.25, 0.3) is 0 Å². The summed E-state index contributed by atoms with van der Waals surface area (Å²) >= 11 is 1.73. The van der Waals surface area contributed by atoms with Crippen molar-refractivity contribution < 1.29 is 14.3 Å². The molecule has 1 aromatic heterocycles. The Morgan fingerprint density at radius 3 is 2.73 bits per heavy atom. The lowest BCUT2D eigenvalue weighted by Crippen LogP contribution is -2.50. The quantitative estimate of drug-likeness (QED) is 0.688. The summed E-state index contributed by atoms with van der Waals surface area (Å²) in [6, 6.07) is 11.4. The number of ether oxygens (including phenoxy) is 1. The molecular formula is C23H31N3O3S. The molecule has 0 spiro atoms. The van der Waals surface area contributed by atoms with E-state index in [-0.39, 0.29) is 30.6 Å². The van der Waals surface area contributed by atoms with Gasteiger partial charge in [-0.25, -0.2) is 4.79 Å². The lowest BCUT2D eigenvalue weighted by molar-refractivity contribution is -0.135. The number of hydrogen-bond donors (Lipinski definition) is 1. The van der Waals surface area contributed by atoms with Crippen molar-refractivity contribution in [2.45, 2.75) is 45.7 Å². The fourth-order valence-electron chi connectivity index (χ4n) is 3.68. The Kier molecular flexibility index (Phi) is 7.74. The first-order valence-electron chi connectivity index (χ1n) is 10.6. The molecule has 6 nitrogen and oxygen atoms in total. The minimum absolute atomic E-state index is 0.0299. The maximum absolute atomic E-state index is 13.3. The molecule has 0 unspecified atom stereocenters. The molecule has 0 radical (unpaired) electrons.